The Morgan fingerprint density at radius 1 is 0.816 bits per heavy atom. The van der Waals surface area contributed by atoms with E-state index < -0.39 is 62.7 Å². The van der Waals surface area contributed by atoms with Crippen molar-refractivity contribution in [1.29, 1.82) is 5.26 Å². The highest BCUT2D eigenvalue weighted by atomic mass is 28.4. The SMILES string of the molecule is CC(=O)OC[C@H]1O[C@@H](c2ccc(C#N)c(Cc3ccc(OCCO[Si](C)(C)C(C)(C)C)cc3)c2)[C@H](OC(C)=O)[C@@H](OC(C)=O)[C@@H]1OC(C)=O. The number of nitriles is 1. The van der Waals surface area contributed by atoms with E-state index in [1.54, 1.807) is 18.2 Å². The van der Waals surface area contributed by atoms with Gasteiger partial charge in [0.25, 0.3) is 0 Å². The summed E-state index contributed by atoms with van der Waals surface area (Å²) in [6, 6.07) is 14.8. The number of hydrogen-bond donors (Lipinski definition) is 0. The molecule has 0 aromatic heterocycles. The van der Waals surface area contributed by atoms with Crippen molar-refractivity contribution in [3.63, 3.8) is 0 Å². The first-order valence-electron chi connectivity index (χ1n) is 16.1. The number of ether oxygens (including phenoxy) is 6. The van der Waals surface area contributed by atoms with E-state index in [-0.39, 0.29) is 11.6 Å². The molecule has 0 saturated carbocycles. The van der Waals surface area contributed by atoms with E-state index in [2.05, 4.69) is 39.9 Å². The molecule has 3 rings (SSSR count). The summed E-state index contributed by atoms with van der Waals surface area (Å²) < 4.78 is 40.3. The molecule has 1 saturated heterocycles. The van der Waals surface area contributed by atoms with Crippen molar-refractivity contribution in [2.24, 2.45) is 0 Å². The van der Waals surface area contributed by atoms with Crippen LogP contribution < -0.4 is 4.74 Å². The van der Waals surface area contributed by atoms with Gasteiger partial charge < -0.3 is 32.8 Å². The number of rotatable bonds is 13. The third kappa shape index (κ3) is 11.1. The fourth-order valence-corrected chi connectivity index (χ4v) is 6.17. The average molecular weight is 698 g/mol. The van der Waals surface area contributed by atoms with E-state index in [9.17, 15) is 24.4 Å². The largest absolute Gasteiger partial charge is 0.491 e. The van der Waals surface area contributed by atoms with E-state index in [0.717, 1.165) is 12.5 Å². The lowest BCUT2D eigenvalue weighted by atomic mass is 9.88. The van der Waals surface area contributed by atoms with Gasteiger partial charge in [0, 0.05) is 27.7 Å². The van der Waals surface area contributed by atoms with Crippen LogP contribution >= 0.6 is 0 Å². The maximum Gasteiger partial charge on any atom is 0.303 e. The number of carbonyl (C=O) groups excluding carboxylic acids is 4. The Hall–Kier alpha value is -4.25. The van der Waals surface area contributed by atoms with Crippen molar-refractivity contribution in [2.75, 3.05) is 19.8 Å². The van der Waals surface area contributed by atoms with Crippen LogP contribution in [0.3, 0.4) is 0 Å². The molecule has 266 valence electrons. The molecule has 2 aromatic carbocycles. The summed E-state index contributed by atoms with van der Waals surface area (Å²) in [5, 5.41) is 10.0. The lowest BCUT2D eigenvalue weighted by molar-refractivity contribution is -0.254. The minimum atomic E-state index is -1.87. The summed E-state index contributed by atoms with van der Waals surface area (Å²) in [7, 11) is -1.87. The highest BCUT2D eigenvalue weighted by molar-refractivity contribution is 6.74. The van der Waals surface area contributed by atoms with Crippen molar-refractivity contribution in [1.82, 2.24) is 0 Å². The van der Waals surface area contributed by atoms with Crippen molar-refractivity contribution in [2.45, 2.75) is 104 Å². The maximum atomic E-state index is 12.3. The molecular weight excluding hydrogens is 650 g/mol. The Labute approximate surface area is 289 Å². The third-order valence-electron chi connectivity index (χ3n) is 8.51. The molecule has 1 aliphatic rings. The molecule has 0 N–H and O–H groups in total. The Morgan fingerprint density at radius 2 is 1.41 bits per heavy atom. The van der Waals surface area contributed by atoms with Crippen LogP contribution in [0.2, 0.25) is 18.1 Å². The quantitative estimate of drug-likeness (QED) is 0.115. The van der Waals surface area contributed by atoms with E-state index in [0.29, 0.717) is 42.1 Å². The third-order valence-corrected chi connectivity index (χ3v) is 13.0. The van der Waals surface area contributed by atoms with Crippen LogP contribution in [0.5, 0.6) is 5.75 Å². The molecule has 0 bridgehead atoms. The first kappa shape index (κ1) is 39.2. The lowest BCUT2D eigenvalue weighted by Crippen LogP contribution is -2.59. The molecule has 0 aliphatic carbocycles. The topological polar surface area (TPSA) is 157 Å². The molecule has 0 unspecified atom stereocenters. The average Bonchev–Trinajstić information content (AvgIpc) is 3.00. The fourth-order valence-electron chi connectivity index (χ4n) is 5.14. The van der Waals surface area contributed by atoms with E-state index >= 15 is 0 Å². The molecule has 1 heterocycles. The summed E-state index contributed by atoms with van der Waals surface area (Å²) in [5.41, 5.74) is 2.47. The van der Waals surface area contributed by atoms with Gasteiger partial charge in [-0.15, -0.1) is 0 Å². The van der Waals surface area contributed by atoms with Crippen LogP contribution in [-0.4, -0.2) is 76.4 Å². The van der Waals surface area contributed by atoms with Gasteiger partial charge in [0.05, 0.1) is 18.2 Å². The van der Waals surface area contributed by atoms with Crippen LogP contribution in [0.1, 0.15) is 76.8 Å². The van der Waals surface area contributed by atoms with Crippen LogP contribution in [0.4, 0.5) is 0 Å². The van der Waals surface area contributed by atoms with Gasteiger partial charge in [0.2, 0.25) is 0 Å². The Bertz CT molecular complexity index is 1530. The molecule has 0 amide bonds. The second kappa shape index (κ2) is 16.9. The molecular formula is C36H47NO11Si. The van der Waals surface area contributed by atoms with Crippen LogP contribution in [-0.2, 0) is 53.7 Å². The Kier molecular flexibility index (Phi) is 13.5. The van der Waals surface area contributed by atoms with Crippen molar-refractivity contribution >= 4 is 32.2 Å². The van der Waals surface area contributed by atoms with Crippen LogP contribution in [0.15, 0.2) is 42.5 Å². The number of nitrogens with zero attached hydrogens (tertiary/aromatic N) is 1. The molecule has 2 aromatic rings. The van der Waals surface area contributed by atoms with Crippen molar-refractivity contribution in [3.05, 3.63) is 64.7 Å². The number of hydrogen-bond acceptors (Lipinski definition) is 12. The summed E-state index contributed by atoms with van der Waals surface area (Å²) in [5.74, 6) is -2.05. The molecule has 49 heavy (non-hydrogen) atoms. The fraction of sp³-hybridized carbons (Fsp3) is 0.528. The highest BCUT2D eigenvalue weighted by Crippen LogP contribution is 2.39. The predicted molar refractivity (Wildman–Crippen MR) is 180 cm³/mol. The van der Waals surface area contributed by atoms with Gasteiger partial charge in [-0.1, -0.05) is 45.0 Å². The van der Waals surface area contributed by atoms with Crippen molar-refractivity contribution < 1.29 is 52.0 Å². The normalized spacial score (nSPS) is 20.8. The second-order valence-electron chi connectivity index (χ2n) is 13.4. The zero-order valence-corrected chi connectivity index (χ0v) is 30.7. The minimum Gasteiger partial charge on any atom is -0.491 e. The van der Waals surface area contributed by atoms with Gasteiger partial charge in [0.15, 0.2) is 26.6 Å². The molecule has 0 radical (unpaired) electrons. The number of benzene rings is 2. The zero-order valence-electron chi connectivity index (χ0n) is 29.7. The number of carbonyl (C=O) groups is 4. The molecule has 12 nitrogen and oxygen atoms in total. The Balaban J connectivity index is 1.89. The molecule has 1 fully saturated rings. The van der Waals surface area contributed by atoms with Gasteiger partial charge in [0.1, 0.15) is 31.2 Å². The van der Waals surface area contributed by atoms with E-state index in [1.165, 1.54) is 20.8 Å². The van der Waals surface area contributed by atoms with Crippen LogP contribution in [0.25, 0.3) is 0 Å². The number of esters is 4. The summed E-state index contributed by atoms with van der Waals surface area (Å²) >= 11 is 0. The summed E-state index contributed by atoms with van der Waals surface area (Å²) in [6.07, 6.45) is -5.60. The standard InChI is InChI=1S/C36H47NO11Si/c1-22(38)43-21-31-33(45-23(2)39)35(47-25(4)41)34(46-24(3)40)32(48-31)27-12-13-28(20-37)29(19-27)18-26-10-14-30(15-11-26)42-16-17-44-49(8,9)36(5,6)7/h10-15,19,31-35H,16-18,21H2,1-9H3/t31-,32+,33-,34+,35+/m1/s1. The Morgan fingerprint density at radius 3 is 1.96 bits per heavy atom. The van der Waals surface area contributed by atoms with Crippen LogP contribution in [0, 0.1) is 11.3 Å². The van der Waals surface area contributed by atoms with Crippen molar-refractivity contribution in [3.8, 4) is 11.8 Å². The van der Waals surface area contributed by atoms with E-state index in [4.69, 9.17) is 32.8 Å². The highest BCUT2D eigenvalue weighted by Gasteiger charge is 2.52. The molecule has 13 heteroatoms. The van der Waals surface area contributed by atoms with Gasteiger partial charge >= 0.3 is 23.9 Å². The van der Waals surface area contributed by atoms with Gasteiger partial charge in [-0.2, -0.15) is 5.26 Å². The first-order chi connectivity index (χ1) is 22.9. The molecule has 0 spiro atoms. The molecule has 1 aliphatic heterocycles. The monoisotopic (exact) mass is 697 g/mol. The summed E-state index contributed by atoms with van der Waals surface area (Å²) in [4.78, 5) is 48.3. The maximum absolute atomic E-state index is 12.3. The lowest BCUT2D eigenvalue weighted by Gasteiger charge is -2.44. The van der Waals surface area contributed by atoms with Gasteiger partial charge in [-0.3, -0.25) is 19.2 Å². The van der Waals surface area contributed by atoms with Gasteiger partial charge in [-0.05, 0) is 59.4 Å². The van der Waals surface area contributed by atoms with Gasteiger partial charge in [-0.25, -0.2) is 0 Å². The second-order valence-corrected chi connectivity index (χ2v) is 18.2. The van der Waals surface area contributed by atoms with E-state index in [1.807, 2.05) is 24.3 Å². The smallest absolute Gasteiger partial charge is 0.303 e. The zero-order chi connectivity index (χ0) is 36.5. The summed E-state index contributed by atoms with van der Waals surface area (Å²) in [6.45, 7) is 16.3. The first-order valence-corrected chi connectivity index (χ1v) is 19.0. The minimum absolute atomic E-state index is 0.112. The predicted octanol–water partition coefficient (Wildman–Crippen LogP) is 5.35. The molecule has 5 atom stereocenters.